The Bertz CT molecular complexity index is 788. The first-order valence-corrected chi connectivity index (χ1v) is 10.1. The third-order valence-electron chi connectivity index (χ3n) is 5.09. The van der Waals surface area contributed by atoms with Gasteiger partial charge in [-0.05, 0) is 86.3 Å². The monoisotopic (exact) mass is 359 g/mol. The summed E-state index contributed by atoms with van der Waals surface area (Å²) in [6, 6.07) is 0. The van der Waals surface area contributed by atoms with Gasteiger partial charge in [0.05, 0.1) is 5.70 Å². The van der Waals surface area contributed by atoms with E-state index in [1.54, 1.807) is 0 Å². The molecule has 2 aliphatic carbocycles. The molecule has 0 saturated carbocycles. The third kappa shape index (κ3) is 6.06. The van der Waals surface area contributed by atoms with Crippen molar-refractivity contribution < 1.29 is 0 Å². The van der Waals surface area contributed by atoms with Crippen molar-refractivity contribution in [1.82, 2.24) is 0 Å². The Morgan fingerprint density at radius 1 is 1.19 bits per heavy atom. The molecule has 0 unspecified atom stereocenters. The van der Waals surface area contributed by atoms with Crippen molar-refractivity contribution in [2.24, 2.45) is 4.99 Å². The molecule has 0 atom stereocenters. The zero-order chi connectivity index (χ0) is 19.6. The third-order valence-corrected chi connectivity index (χ3v) is 5.09. The lowest BCUT2D eigenvalue weighted by Gasteiger charge is -2.14. The van der Waals surface area contributed by atoms with Crippen LogP contribution in [0.1, 0.15) is 59.3 Å². The molecule has 0 N–H and O–H groups in total. The number of rotatable bonds is 7. The van der Waals surface area contributed by atoms with Crippen LogP contribution in [0.25, 0.3) is 0 Å². The zero-order valence-corrected chi connectivity index (χ0v) is 17.2. The molecule has 0 aromatic rings. The highest BCUT2D eigenvalue weighted by molar-refractivity contribution is 6.01. The molecule has 0 radical (unpaired) electrons. The van der Waals surface area contributed by atoms with Crippen LogP contribution in [-0.2, 0) is 0 Å². The van der Waals surface area contributed by atoms with Gasteiger partial charge in [0.25, 0.3) is 0 Å². The average molecular weight is 360 g/mol. The predicted molar refractivity (Wildman–Crippen MR) is 121 cm³/mol. The minimum atomic E-state index is 0.792. The summed E-state index contributed by atoms with van der Waals surface area (Å²) in [6.07, 6.45) is 24.0. The Balaban J connectivity index is 2.34. The molecule has 0 aromatic carbocycles. The molecule has 0 aliphatic heterocycles. The van der Waals surface area contributed by atoms with Gasteiger partial charge in [0.2, 0.25) is 0 Å². The van der Waals surface area contributed by atoms with Crippen LogP contribution in [0.15, 0.2) is 100 Å². The number of nitrogens with zero attached hydrogens (tertiary/aromatic N) is 1. The summed E-state index contributed by atoms with van der Waals surface area (Å²) >= 11 is 0. The summed E-state index contributed by atoms with van der Waals surface area (Å²) in [6.45, 7) is 14.6. The van der Waals surface area contributed by atoms with Crippen LogP contribution in [-0.4, -0.2) is 5.71 Å². The van der Waals surface area contributed by atoms with E-state index in [1.807, 2.05) is 12.2 Å². The quantitative estimate of drug-likeness (QED) is 0.325. The van der Waals surface area contributed by atoms with E-state index in [2.05, 4.69) is 70.4 Å². The maximum atomic E-state index is 4.80. The smallest absolute Gasteiger partial charge is 0.0633 e. The van der Waals surface area contributed by atoms with E-state index in [9.17, 15) is 0 Å². The molecule has 1 nitrogen and oxygen atoms in total. The van der Waals surface area contributed by atoms with Crippen LogP contribution in [0.5, 0.6) is 0 Å². The fourth-order valence-corrected chi connectivity index (χ4v) is 3.53. The summed E-state index contributed by atoms with van der Waals surface area (Å²) < 4.78 is 0. The van der Waals surface area contributed by atoms with Crippen LogP contribution in [0.3, 0.4) is 0 Å². The van der Waals surface area contributed by atoms with Gasteiger partial charge in [-0.3, -0.25) is 4.99 Å². The molecule has 0 aromatic heterocycles. The van der Waals surface area contributed by atoms with Gasteiger partial charge in [-0.1, -0.05) is 62.6 Å². The van der Waals surface area contributed by atoms with Crippen molar-refractivity contribution in [2.75, 3.05) is 0 Å². The predicted octanol–water partition coefficient (Wildman–Crippen LogP) is 7.74. The molecule has 0 amide bonds. The molecule has 2 aliphatic rings. The normalized spacial score (nSPS) is 19.1. The van der Waals surface area contributed by atoms with Crippen molar-refractivity contribution in [3.8, 4) is 0 Å². The fraction of sp³-hybridized carbons (Fsp3) is 0.346. The van der Waals surface area contributed by atoms with Crippen molar-refractivity contribution >= 4 is 5.71 Å². The summed E-state index contributed by atoms with van der Waals surface area (Å²) in [5.41, 5.74) is 8.26. The number of hydrogen-bond donors (Lipinski definition) is 0. The Morgan fingerprint density at radius 2 is 1.96 bits per heavy atom. The molecule has 0 spiro atoms. The maximum Gasteiger partial charge on any atom is 0.0633 e. The average Bonchev–Trinajstić information content (AvgIpc) is 2.90. The van der Waals surface area contributed by atoms with E-state index < -0.39 is 0 Å². The minimum absolute atomic E-state index is 0.792. The van der Waals surface area contributed by atoms with Crippen LogP contribution in [0.2, 0.25) is 0 Å². The molecule has 1 heteroatoms. The summed E-state index contributed by atoms with van der Waals surface area (Å²) in [7, 11) is 0. The van der Waals surface area contributed by atoms with E-state index in [1.165, 1.54) is 28.7 Å². The lowest BCUT2D eigenvalue weighted by Crippen LogP contribution is -1.99. The van der Waals surface area contributed by atoms with E-state index in [0.29, 0.717) is 0 Å². The molecule has 2 rings (SSSR count). The first-order valence-electron chi connectivity index (χ1n) is 10.1. The number of aliphatic imine (C=N–C) groups is 1. The second-order valence-corrected chi connectivity index (χ2v) is 7.12. The first-order chi connectivity index (χ1) is 13.1. The van der Waals surface area contributed by atoms with E-state index in [4.69, 9.17) is 4.99 Å². The molecule has 0 saturated heterocycles. The fourth-order valence-electron chi connectivity index (χ4n) is 3.53. The summed E-state index contributed by atoms with van der Waals surface area (Å²) in [5.74, 6) is 0. The van der Waals surface area contributed by atoms with Crippen LogP contribution in [0.4, 0.5) is 0 Å². The maximum absolute atomic E-state index is 4.80. The van der Waals surface area contributed by atoms with Crippen LogP contribution >= 0.6 is 0 Å². The molecule has 0 fully saturated rings. The molecular formula is C26H33N. The van der Waals surface area contributed by atoms with Gasteiger partial charge >= 0.3 is 0 Å². The van der Waals surface area contributed by atoms with Gasteiger partial charge in [0, 0.05) is 5.71 Å². The number of hydrogen-bond acceptors (Lipinski definition) is 1. The SMILES string of the molecule is C=C/C=C(\C=C(/CC)C1=C(C)C=CCCC1)C(=C)/N=C(\C)C1=CCCC=C1. The van der Waals surface area contributed by atoms with E-state index in [0.717, 1.165) is 49.1 Å². The standard InChI is InChI=1S/C26H33N/c1-6-14-25(22(5)27-21(4)24-16-11-9-12-17-24)19-23(7-2)26-18-13-8-10-15-20(26)3/h6,10-11,14-17,19H,1,5,7-9,12-13,18H2,2-4H3/b23-19+,25-14+,27-21+. The Hall–Kier alpha value is -2.41. The molecule has 0 bridgehead atoms. The Kier molecular flexibility index (Phi) is 8.26. The first kappa shape index (κ1) is 20.9. The van der Waals surface area contributed by atoms with Gasteiger partial charge in [-0.2, -0.15) is 0 Å². The lowest BCUT2D eigenvalue weighted by atomic mass is 9.93. The highest BCUT2D eigenvalue weighted by Crippen LogP contribution is 2.29. The van der Waals surface area contributed by atoms with Crippen molar-refractivity contribution in [1.29, 1.82) is 0 Å². The second-order valence-electron chi connectivity index (χ2n) is 7.12. The molecule has 27 heavy (non-hydrogen) atoms. The van der Waals surface area contributed by atoms with Crippen molar-refractivity contribution in [3.05, 3.63) is 95.3 Å². The van der Waals surface area contributed by atoms with Gasteiger partial charge in [-0.25, -0.2) is 0 Å². The van der Waals surface area contributed by atoms with Crippen LogP contribution < -0.4 is 0 Å². The van der Waals surface area contributed by atoms with Gasteiger partial charge in [-0.15, -0.1) is 0 Å². The summed E-state index contributed by atoms with van der Waals surface area (Å²) in [4.78, 5) is 4.80. The zero-order valence-electron chi connectivity index (χ0n) is 17.2. The van der Waals surface area contributed by atoms with Crippen LogP contribution in [0, 0.1) is 0 Å². The molecule has 0 heterocycles. The van der Waals surface area contributed by atoms with Gasteiger partial charge < -0.3 is 0 Å². The molecular weight excluding hydrogens is 326 g/mol. The van der Waals surface area contributed by atoms with E-state index in [-0.39, 0.29) is 0 Å². The lowest BCUT2D eigenvalue weighted by molar-refractivity contribution is 0.833. The highest BCUT2D eigenvalue weighted by atomic mass is 14.8. The van der Waals surface area contributed by atoms with E-state index >= 15 is 0 Å². The Labute approximate surface area is 165 Å². The highest BCUT2D eigenvalue weighted by Gasteiger charge is 2.11. The Morgan fingerprint density at radius 3 is 2.63 bits per heavy atom. The van der Waals surface area contributed by atoms with Gasteiger partial charge in [0.1, 0.15) is 0 Å². The topological polar surface area (TPSA) is 12.4 Å². The number of allylic oxidation sites excluding steroid dienone is 12. The summed E-state index contributed by atoms with van der Waals surface area (Å²) in [5, 5.41) is 0. The van der Waals surface area contributed by atoms with Gasteiger partial charge in [0.15, 0.2) is 0 Å². The second kappa shape index (κ2) is 10.7. The minimum Gasteiger partial charge on any atom is -0.253 e. The largest absolute Gasteiger partial charge is 0.253 e. The van der Waals surface area contributed by atoms with Crippen molar-refractivity contribution in [2.45, 2.75) is 59.3 Å². The molecule has 142 valence electrons. The van der Waals surface area contributed by atoms with Crippen molar-refractivity contribution in [3.63, 3.8) is 0 Å².